The third-order valence-corrected chi connectivity index (χ3v) is 3.39. The van der Waals surface area contributed by atoms with Crippen molar-refractivity contribution in [3.8, 4) is 0 Å². The van der Waals surface area contributed by atoms with Crippen LogP contribution in [0.25, 0.3) is 0 Å². The summed E-state index contributed by atoms with van der Waals surface area (Å²) in [5.74, 6) is -1.02. The minimum Gasteiger partial charge on any atom is -0.480 e. The molecule has 0 aliphatic carbocycles. The number of hydrogen-bond donors (Lipinski definition) is 1. The Morgan fingerprint density at radius 3 is 2.15 bits per heavy atom. The lowest BCUT2D eigenvalue weighted by Gasteiger charge is -2.31. The summed E-state index contributed by atoms with van der Waals surface area (Å²) in [4.78, 5) is 39.3. The minimum atomic E-state index is -1.02. The number of carbonyl (C=O) groups is 3. The molecular weight excluding hydrogens is 262 g/mol. The molecule has 0 aromatic rings. The molecule has 0 bridgehead atoms. The van der Waals surface area contributed by atoms with Crippen molar-refractivity contribution in [3.63, 3.8) is 0 Å². The Morgan fingerprint density at radius 2 is 1.65 bits per heavy atom. The normalized spacial score (nSPS) is 16.0. The number of hydrogen-bond acceptors (Lipinski definition) is 3. The van der Waals surface area contributed by atoms with Crippen molar-refractivity contribution in [2.75, 3.05) is 32.7 Å². The van der Waals surface area contributed by atoms with Crippen molar-refractivity contribution in [2.24, 2.45) is 0 Å². The van der Waals surface area contributed by atoms with Crippen LogP contribution in [0.1, 0.15) is 27.2 Å². The van der Waals surface area contributed by atoms with E-state index in [4.69, 9.17) is 5.11 Å². The lowest BCUT2D eigenvalue weighted by molar-refractivity contribution is -0.138. The number of urea groups is 1. The Kier molecular flexibility index (Phi) is 5.79. The molecular formula is C13H23N3O4. The molecule has 0 saturated carbocycles. The lowest BCUT2D eigenvalue weighted by atomic mass is 10.3. The van der Waals surface area contributed by atoms with E-state index in [9.17, 15) is 14.4 Å². The molecule has 0 aromatic carbocycles. The van der Waals surface area contributed by atoms with Crippen LogP contribution in [0.5, 0.6) is 0 Å². The summed E-state index contributed by atoms with van der Waals surface area (Å²) < 4.78 is 0. The predicted octanol–water partition coefficient (Wildman–Crippen LogP) is 0.456. The predicted molar refractivity (Wildman–Crippen MR) is 73.3 cm³/mol. The number of rotatable bonds is 3. The van der Waals surface area contributed by atoms with Gasteiger partial charge < -0.3 is 19.8 Å². The first-order valence-corrected chi connectivity index (χ1v) is 6.85. The molecule has 0 atom stereocenters. The van der Waals surface area contributed by atoms with Crippen LogP contribution < -0.4 is 0 Å². The van der Waals surface area contributed by atoms with E-state index in [1.165, 1.54) is 11.8 Å². The fourth-order valence-electron chi connectivity index (χ4n) is 2.22. The maximum absolute atomic E-state index is 12.4. The van der Waals surface area contributed by atoms with E-state index in [0.29, 0.717) is 32.6 Å². The summed E-state index contributed by atoms with van der Waals surface area (Å²) in [6, 6.07) is -0.446. The van der Waals surface area contributed by atoms with E-state index in [1.807, 2.05) is 0 Å². The second-order valence-corrected chi connectivity index (χ2v) is 5.24. The number of carbonyl (C=O) groups excluding carboxylic acids is 2. The Balaban J connectivity index is 2.69. The molecule has 1 heterocycles. The molecule has 1 aliphatic rings. The van der Waals surface area contributed by atoms with Crippen LogP contribution in [-0.2, 0) is 9.59 Å². The van der Waals surface area contributed by atoms with E-state index < -0.39 is 5.97 Å². The minimum absolute atomic E-state index is 0.00514. The maximum atomic E-state index is 12.4. The number of carboxylic acid groups (broad SMARTS) is 1. The molecule has 3 amide bonds. The van der Waals surface area contributed by atoms with Gasteiger partial charge in [-0.3, -0.25) is 9.59 Å². The molecule has 7 nitrogen and oxygen atoms in total. The summed E-state index contributed by atoms with van der Waals surface area (Å²) in [6.07, 6.45) is 0.713. The van der Waals surface area contributed by atoms with Crippen LogP contribution >= 0.6 is 0 Å². The van der Waals surface area contributed by atoms with Crippen molar-refractivity contribution in [2.45, 2.75) is 33.2 Å². The second-order valence-electron chi connectivity index (χ2n) is 5.24. The van der Waals surface area contributed by atoms with Gasteiger partial charge in [0, 0.05) is 39.1 Å². The van der Waals surface area contributed by atoms with Gasteiger partial charge in [0.25, 0.3) is 0 Å². The van der Waals surface area contributed by atoms with Gasteiger partial charge in [-0.15, -0.1) is 0 Å². The first-order chi connectivity index (χ1) is 9.32. The van der Waals surface area contributed by atoms with Gasteiger partial charge in [-0.25, -0.2) is 4.79 Å². The average molecular weight is 285 g/mol. The first kappa shape index (κ1) is 16.3. The average Bonchev–Trinajstić information content (AvgIpc) is 2.60. The lowest BCUT2D eigenvalue weighted by Crippen LogP contribution is -2.49. The van der Waals surface area contributed by atoms with Crippen LogP contribution in [0, 0.1) is 0 Å². The Labute approximate surface area is 119 Å². The van der Waals surface area contributed by atoms with Crippen molar-refractivity contribution in [3.05, 3.63) is 0 Å². The van der Waals surface area contributed by atoms with E-state index >= 15 is 0 Å². The largest absolute Gasteiger partial charge is 0.480 e. The van der Waals surface area contributed by atoms with Gasteiger partial charge in [0.15, 0.2) is 0 Å². The molecule has 0 aromatic heterocycles. The summed E-state index contributed by atoms with van der Waals surface area (Å²) in [7, 11) is 0. The quantitative estimate of drug-likeness (QED) is 0.816. The molecule has 1 fully saturated rings. The molecule has 0 unspecified atom stereocenters. The molecule has 0 spiro atoms. The molecule has 0 radical (unpaired) electrons. The van der Waals surface area contributed by atoms with E-state index in [0.717, 1.165) is 0 Å². The zero-order chi connectivity index (χ0) is 15.3. The van der Waals surface area contributed by atoms with E-state index in [1.54, 1.807) is 23.6 Å². The third kappa shape index (κ3) is 4.40. The smallest absolute Gasteiger partial charge is 0.323 e. The van der Waals surface area contributed by atoms with E-state index in [-0.39, 0.29) is 24.5 Å². The first-order valence-electron chi connectivity index (χ1n) is 6.85. The highest BCUT2D eigenvalue weighted by Crippen LogP contribution is 2.09. The Hall–Kier alpha value is -1.79. The van der Waals surface area contributed by atoms with Crippen LogP contribution in [0.4, 0.5) is 4.79 Å². The number of carboxylic acids is 1. The maximum Gasteiger partial charge on any atom is 0.323 e. The second kappa shape index (κ2) is 7.12. The highest BCUT2D eigenvalue weighted by molar-refractivity contribution is 5.80. The monoisotopic (exact) mass is 285 g/mol. The van der Waals surface area contributed by atoms with Gasteiger partial charge in [0.1, 0.15) is 6.54 Å². The topological polar surface area (TPSA) is 81.2 Å². The van der Waals surface area contributed by atoms with Gasteiger partial charge >= 0.3 is 12.0 Å². The molecule has 1 rings (SSSR count). The molecule has 20 heavy (non-hydrogen) atoms. The fraction of sp³-hybridized carbons (Fsp3) is 0.769. The van der Waals surface area contributed by atoms with Crippen LogP contribution in [0.3, 0.4) is 0 Å². The molecule has 114 valence electrons. The van der Waals surface area contributed by atoms with Crippen LogP contribution in [-0.4, -0.2) is 76.5 Å². The van der Waals surface area contributed by atoms with Gasteiger partial charge in [-0.05, 0) is 20.3 Å². The molecule has 1 aliphatic heterocycles. The highest BCUT2D eigenvalue weighted by Gasteiger charge is 2.27. The number of amides is 3. The van der Waals surface area contributed by atoms with Crippen LogP contribution in [0.15, 0.2) is 0 Å². The standard InChI is InChI=1S/C13H23N3O4/c1-10(2)16(9-12(18)19)13(20)15-6-4-5-14(7-8-15)11(3)17/h10H,4-9H2,1-3H3,(H,18,19). The SMILES string of the molecule is CC(=O)N1CCCN(C(=O)N(CC(=O)O)C(C)C)CC1. The highest BCUT2D eigenvalue weighted by atomic mass is 16.4. The van der Waals surface area contributed by atoms with Gasteiger partial charge in [0.05, 0.1) is 0 Å². The summed E-state index contributed by atoms with van der Waals surface area (Å²) in [5, 5.41) is 8.89. The summed E-state index contributed by atoms with van der Waals surface area (Å²) in [6.45, 7) is 6.93. The Bertz CT molecular complexity index is 384. The zero-order valence-electron chi connectivity index (χ0n) is 12.3. The van der Waals surface area contributed by atoms with Crippen molar-refractivity contribution >= 4 is 17.9 Å². The van der Waals surface area contributed by atoms with Gasteiger partial charge in [0.2, 0.25) is 5.91 Å². The van der Waals surface area contributed by atoms with Crippen molar-refractivity contribution in [1.29, 1.82) is 0 Å². The summed E-state index contributed by atoms with van der Waals surface area (Å²) >= 11 is 0. The van der Waals surface area contributed by atoms with Gasteiger partial charge in [-0.2, -0.15) is 0 Å². The third-order valence-electron chi connectivity index (χ3n) is 3.39. The number of aliphatic carboxylic acids is 1. The van der Waals surface area contributed by atoms with Crippen molar-refractivity contribution in [1.82, 2.24) is 14.7 Å². The summed E-state index contributed by atoms with van der Waals surface area (Å²) in [5.41, 5.74) is 0. The van der Waals surface area contributed by atoms with Crippen LogP contribution in [0.2, 0.25) is 0 Å². The van der Waals surface area contributed by atoms with Gasteiger partial charge in [-0.1, -0.05) is 0 Å². The number of nitrogens with zero attached hydrogens (tertiary/aromatic N) is 3. The van der Waals surface area contributed by atoms with E-state index in [2.05, 4.69) is 0 Å². The molecule has 1 saturated heterocycles. The Morgan fingerprint density at radius 1 is 1.10 bits per heavy atom. The molecule has 1 N–H and O–H groups in total. The fourth-order valence-corrected chi connectivity index (χ4v) is 2.22. The zero-order valence-corrected chi connectivity index (χ0v) is 12.3. The molecule has 7 heteroatoms. The van der Waals surface area contributed by atoms with Crippen molar-refractivity contribution < 1.29 is 19.5 Å².